The number of fused-ring (bicyclic) bond motifs is 1. The molecular weight excluding hydrogens is 264 g/mol. The highest BCUT2D eigenvalue weighted by Gasteiger charge is 2.23. The second kappa shape index (κ2) is 5.61. The van der Waals surface area contributed by atoms with Gasteiger partial charge in [0.1, 0.15) is 11.7 Å². The normalized spacial score (nSPS) is 12.6. The molecule has 0 saturated carbocycles. The molecule has 0 bridgehead atoms. The number of ether oxygens (including phenoxy) is 1. The van der Waals surface area contributed by atoms with E-state index in [9.17, 15) is 4.79 Å². The van der Waals surface area contributed by atoms with Crippen molar-refractivity contribution in [3.05, 3.63) is 29.0 Å². The lowest BCUT2D eigenvalue weighted by Crippen LogP contribution is -2.17. The van der Waals surface area contributed by atoms with Crippen LogP contribution in [0.3, 0.4) is 0 Å². The standard InChI is InChI=1S/C14H17ClN2O2/c1-4-17-12-8-10(15)6-7-11(12)16-13(17)9(3)14(18)19-5-2/h6-9H,4-5H2,1-3H3. The Kier molecular flexibility index (Phi) is 4.10. The molecule has 0 aliphatic carbocycles. The first-order chi connectivity index (χ1) is 9.08. The summed E-state index contributed by atoms with van der Waals surface area (Å²) in [5.74, 6) is 0.0860. The van der Waals surface area contributed by atoms with Crippen LogP contribution in [0.4, 0.5) is 0 Å². The molecule has 0 aliphatic heterocycles. The summed E-state index contributed by atoms with van der Waals surface area (Å²) in [5.41, 5.74) is 1.79. The van der Waals surface area contributed by atoms with Crippen molar-refractivity contribution >= 4 is 28.6 Å². The molecule has 1 atom stereocenters. The minimum atomic E-state index is -0.383. The molecule has 1 heterocycles. The van der Waals surface area contributed by atoms with Crippen LogP contribution in [0.1, 0.15) is 32.5 Å². The van der Waals surface area contributed by atoms with Crippen LogP contribution in [0.5, 0.6) is 0 Å². The maximum absolute atomic E-state index is 11.9. The van der Waals surface area contributed by atoms with Gasteiger partial charge in [0.05, 0.1) is 17.6 Å². The first kappa shape index (κ1) is 13.9. The van der Waals surface area contributed by atoms with E-state index in [4.69, 9.17) is 16.3 Å². The molecule has 0 saturated heterocycles. The predicted octanol–water partition coefficient (Wildman–Crippen LogP) is 3.38. The van der Waals surface area contributed by atoms with Crippen LogP contribution >= 0.6 is 11.6 Å². The topological polar surface area (TPSA) is 44.1 Å². The van der Waals surface area contributed by atoms with E-state index < -0.39 is 0 Å². The van der Waals surface area contributed by atoms with E-state index in [0.29, 0.717) is 11.6 Å². The SMILES string of the molecule is CCOC(=O)C(C)c1nc2ccc(Cl)cc2n1CC. The molecule has 5 heteroatoms. The van der Waals surface area contributed by atoms with Crippen molar-refractivity contribution in [3.63, 3.8) is 0 Å². The quantitative estimate of drug-likeness (QED) is 0.807. The van der Waals surface area contributed by atoms with E-state index in [0.717, 1.165) is 23.4 Å². The van der Waals surface area contributed by atoms with Gasteiger partial charge in [0.2, 0.25) is 0 Å². The summed E-state index contributed by atoms with van der Waals surface area (Å²) < 4.78 is 7.06. The molecule has 2 aromatic rings. The lowest BCUT2D eigenvalue weighted by molar-refractivity contribution is -0.144. The number of hydrogen-bond donors (Lipinski definition) is 0. The van der Waals surface area contributed by atoms with Crippen molar-refractivity contribution in [3.8, 4) is 0 Å². The third kappa shape index (κ3) is 2.59. The molecule has 0 aliphatic rings. The van der Waals surface area contributed by atoms with Gasteiger partial charge in [0.15, 0.2) is 0 Å². The van der Waals surface area contributed by atoms with Crippen LogP contribution in [0.25, 0.3) is 11.0 Å². The van der Waals surface area contributed by atoms with Crippen molar-refractivity contribution in [2.45, 2.75) is 33.2 Å². The van der Waals surface area contributed by atoms with Crippen molar-refractivity contribution in [2.24, 2.45) is 0 Å². The summed E-state index contributed by atoms with van der Waals surface area (Å²) >= 11 is 6.02. The zero-order valence-corrected chi connectivity index (χ0v) is 12.1. The molecule has 102 valence electrons. The van der Waals surface area contributed by atoms with Gasteiger partial charge < -0.3 is 9.30 Å². The van der Waals surface area contributed by atoms with Crippen molar-refractivity contribution in [1.82, 2.24) is 9.55 Å². The maximum Gasteiger partial charge on any atom is 0.316 e. The van der Waals surface area contributed by atoms with Gasteiger partial charge in [-0.2, -0.15) is 0 Å². The average molecular weight is 281 g/mol. The lowest BCUT2D eigenvalue weighted by Gasteiger charge is -2.12. The van der Waals surface area contributed by atoms with Gasteiger partial charge in [0, 0.05) is 11.6 Å². The van der Waals surface area contributed by atoms with Gasteiger partial charge in [0.25, 0.3) is 0 Å². The zero-order chi connectivity index (χ0) is 14.0. The summed E-state index contributed by atoms with van der Waals surface area (Å²) in [6.45, 7) is 6.74. The first-order valence-corrected chi connectivity index (χ1v) is 6.78. The van der Waals surface area contributed by atoms with Gasteiger partial charge in [-0.25, -0.2) is 4.98 Å². The molecular formula is C14H17ClN2O2. The van der Waals surface area contributed by atoms with Crippen LogP contribution < -0.4 is 0 Å². The van der Waals surface area contributed by atoms with Crippen LogP contribution in [-0.4, -0.2) is 22.1 Å². The Morgan fingerprint density at radius 1 is 1.47 bits per heavy atom. The Hall–Kier alpha value is -1.55. The Labute approximate surface area is 117 Å². The fourth-order valence-electron chi connectivity index (χ4n) is 2.15. The van der Waals surface area contributed by atoms with Gasteiger partial charge >= 0.3 is 5.97 Å². The second-order valence-corrected chi connectivity index (χ2v) is 4.76. The molecule has 0 fully saturated rings. The number of imidazole rings is 1. The molecule has 4 nitrogen and oxygen atoms in total. The molecule has 0 radical (unpaired) electrons. The highest BCUT2D eigenvalue weighted by atomic mass is 35.5. The fourth-order valence-corrected chi connectivity index (χ4v) is 2.32. The maximum atomic E-state index is 11.9. The number of esters is 1. The number of halogens is 1. The van der Waals surface area contributed by atoms with E-state index in [-0.39, 0.29) is 11.9 Å². The van der Waals surface area contributed by atoms with Gasteiger partial charge in [-0.3, -0.25) is 4.79 Å². The van der Waals surface area contributed by atoms with E-state index in [1.807, 2.05) is 30.5 Å². The lowest BCUT2D eigenvalue weighted by atomic mass is 10.1. The third-order valence-corrected chi connectivity index (χ3v) is 3.32. The van der Waals surface area contributed by atoms with Crippen molar-refractivity contribution < 1.29 is 9.53 Å². The summed E-state index contributed by atoms with van der Waals surface area (Å²) in [5, 5.41) is 0.664. The average Bonchev–Trinajstić information content (AvgIpc) is 2.75. The molecule has 1 aromatic heterocycles. The summed E-state index contributed by atoms with van der Waals surface area (Å²) in [7, 11) is 0. The molecule has 2 rings (SSSR count). The second-order valence-electron chi connectivity index (χ2n) is 4.32. The minimum absolute atomic E-state index is 0.251. The number of rotatable bonds is 4. The van der Waals surface area contributed by atoms with E-state index in [1.165, 1.54) is 0 Å². The molecule has 1 unspecified atom stereocenters. The number of aromatic nitrogens is 2. The van der Waals surface area contributed by atoms with Crippen LogP contribution in [-0.2, 0) is 16.1 Å². The minimum Gasteiger partial charge on any atom is -0.465 e. The van der Waals surface area contributed by atoms with E-state index in [2.05, 4.69) is 4.98 Å². The number of carbonyl (C=O) groups excluding carboxylic acids is 1. The van der Waals surface area contributed by atoms with E-state index in [1.54, 1.807) is 13.0 Å². The zero-order valence-electron chi connectivity index (χ0n) is 11.3. The number of hydrogen-bond acceptors (Lipinski definition) is 3. The van der Waals surface area contributed by atoms with Crippen LogP contribution in [0, 0.1) is 0 Å². The monoisotopic (exact) mass is 280 g/mol. The Bertz CT molecular complexity index is 607. The number of nitrogens with zero attached hydrogens (tertiary/aromatic N) is 2. The highest BCUT2D eigenvalue weighted by Crippen LogP contribution is 2.25. The Balaban J connectivity index is 2.51. The van der Waals surface area contributed by atoms with Gasteiger partial charge in [-0.15, -0.1) is 0 Å². The van der Waals surface area contributed by atoms with Gasteiger partial charge in [-0.1, -0.05) is 11.6 Å². The van der Waals surface area contributed by atoms with Crippen molar-refractivity contribution in [1.29, 1.82) is 0 Å². The highest BCUT2D eigenvalue weighted by molar-refractivity contribution is 6.31. The van der Waals surface area contributed by atoms with Crippen molar-refractivity contribution in [2.75, 3.05) is 6.61 Å². The Morgan fingerprint density at radius 3 is 2.84 bits per heavy atom. The Morgan fingerprint density at radius 2 is 2.21 bits per heavy atom. The molecule has 0 N–H and O–H groups in total. The molecule has 0 amide bonds. The number of carbonyl (C=O) groups is 1. The fraction of sp³-hybridized carbons (Fsp3) is 0.429. The smallest absolute Gasteiger partial charge is 0.316 e. The van der Waals surface area contributed by atoms with Crippen LogP contribution in [0.15, 0.2) is 18.2 Å². The number of benzene rings is 1. The summed E-state index contributed by atoms with van der Waals surface area (Å²) in [6, 6.07) is 5.54. The van der Waals surface area contributed by atoms with Crippen LogP contribution in [0.2, 0.25) is 5.02 Å². The summed E-state index contributed by atoms with van der Waals surface area (Å²) in [4.78, 5) is 16.4. The summed E-state index contributed by atoms with van der Waals surface area (Å²) in [6.07, 6.45) is 0. The molecule has 19 heavy (non-hydrogen) atoms. The van der Waals surface area contributed by atoms with Gasteiger partial charge in [-0.05, 0) is 39.0 Å². The number of aryl methyl sites for hydroxylation is 1. The third-order valence-electron chi connectivity index (χ3n) is 3.08. The molecule has 0 spiro atoms. The largest absolute Gasteiger partial charge is 0.465 e. The van der Waals surface area contributed by atoms with E-state index >= 15 is 0 Å². The predicted molar refractivity (Wildman–Crippen MR) is 75.5 cm³/mol. The molecule has 1 aromatic carbocycles. The first-order valence-electron chi connectivity index (χ1n) is 6.40.